The molecule has 0 radical (unpaired) electrons. The van der Waals surface area contributed by atoms with Crippen LogP contribution in [0.5, 0.6) is 5.75 Å². The van der Waals surface area contributed by atoms with Gasteiger partial charge in [-0.2, -0.15) is 0 Å². The first-order valence-electron chi connectivity index (χ1n) is 45.8. The number of carbonyl (C=O) groups is 16. The maximum absolute atomic E-state index is 15.3. The van der Waals surface area contributed by atoms with Gasteiger partial charge < -0.3 is 132 Å². The van der Waals surface area contributed by atoms with Gasteiger partial charge in [-0.15, -0.1) is 0 Å². The smallest absolute Gasteiger partial charge is 0.326 e. The topological polar surface area (TPSA) is 709 Å². The molecule has 4 aromatic heterocycles. The Kier molecular flexibility index (Phi) is 42.0. The van der Waals surface area contributed by atoms with Crippen molar-refractivity contribution < 1.29 is 92.0 Å². The number of aliphatic carboxylic acids is 1. The number of imidazole rings is 3. The zero-order valence-corrected chi connectivity index (χ0v) is 78.0. The number of phenolic OH excluding ortho intramolecular Hbond substituents is 1. The zero-order chi connectivity index (χ0) is 100. The van der Waals surface area contributed by atoms with Gasteiger partial charge in [0, 0.05) is 93.7 Å². The van der Waals surface area contributed by atoms with E-state index < -0.39 is 217 Å². The molecule has 0 spiro atoms. The minimum atomic E-state index is -1.85. The lowest BCUT2D eigenvalue weighted by Gasteiger charge is -2.31. The number of likely N-dealkylation sites (tertiary alicyclic amines) is 1. The summed E-state index contributed by atoms with van der Waals surface area (Å²) < 4.78 is 0. The Morgan fingerprint density at radius 2 is 0.942 bits per heavy atom. The second kappa shape index (κ2) is 53.4. The van der Waals surface area contributed by atoms with Crippen molar-refractivity contribution in [3.8, 4) is 5.75 Å². The van der Waals surface area contributed by atoms with Crippen molar-refractivity contribution >= 4 is 111 Å². The van der Waals surface area contributed by atoms with E-state index in [0.29, 0.717) is 46.1 Å². The molecule has 16 atom stereocenters. The van der Waals surface area contributed by atoms with E-state index in [-0.39, 0.29) is 125 Å². The number of aliphatic hydroxyl groups excluding tert-OH is 1. The molecule has 0 unspecified atom stereocenters. The van der Waals surface area contributed by atoms with Crippen molar-refractivity contribution in [1.82, 2.24) is 114 Å². The summed E-state index contributed by atoms with van der Waals surface area (Å²) in [6, 6.07) is 1.48. The first-order chi connectivity index (χ1) is 65.3. The number of carbonyl (C=O) groups excluding carboxylic acids is 15. The lowest BCUT2D eigenvalue weighted by Crippen LogP contribution is -2.62. The van der Waals surface area contributed by atoms with E-state index in [4.69, 9.17) is 22.6 Å². The number of rotatable bonds is 56. The van der Waals surface area contributed by atoms with Crippen LogP contribution in [0, 0.1) is 29.1 Å². The molecule has 28 N–H and O–H groups in total. The van der Waals surface area contributed by atoms with E-state index in [0.717, 1.165) is 0 Å². The van der Waals surface area contributed by atoms with Crippen LogP contribution < -0.4 is 91.6 Å². The first kappa shape index (κ1) is 108. The summed E-state index contributed by atoms with van der Waals surface area (Å²) in [4.78, 5) is 254. The highest BCUT2D eigenvalue weighted by Crippen LogP contribution is 2.25. The average Bonchev–Trinajstić information content (AvgIpc) is 1.17. The fourth-order valence-electron chi connectivity index (χ4n) is 15.5. The number of para-hydroxylation sites is 1. The van der Waals surface area contributed by atoms with Crippen LogP contribution in [0.15, 0.2) is 123 Å². The number of H-pyrrole nitrogens is 4. The third kappa shape index (κ3) is 34.0. The lowest BCUT2D eigenvalue weighted by molar-refractivity contribution is -0.142. The summed E-state index contributed by atoms with van der Waals surface area (Å²) in [5, 5.41) is 76.1. The molecule has 45 heteroatoms. The summed E-state index contributed by atoms with van der Waals surface area (Å²) in [6.45, 7) is 11.9. The third-order valence-corrected chi connectivity index (χ3v) is 23.4. The minimum Gasteiger partial charge on any atom is -0.508 e. The van der Waals surface area contributed by atoms with Crippen molar-refractivity contribution in [2.45, 2.75) is 243 Å². The number of primary amides is 1. The van der Waals surface area contributed by atoms with Crippen molar-refractivity contribution in [3.63, 3.8) is 0 Å². The summed E-state index contributed by atoms with van der Waals surface area (Å²) in [7, 11) is 0. The van der Waals surface area contributed by atoms with Crippen LogP contribution in [0.3, 0.4) is 0 Å². The number of amides is 15. The number of aromatic hydroxyl groups is 1. The molecular weight excluding hydrogens is 1770 g/mol. The number of hydrogen-bond acceptors (Lipinski definition) is 23. The summed E-state index contributed by atoms with van der Waals surface area (Å²) in [6.07, 6.45) is 9.20. The summed E-state index contributed by atoms with van der Waals surface area (Å²) >= 11 is 0. The number of nitrogens with zero attached hydrogens (tertiary/aromatic N) is 4. The lowest BCUT2D eigenvalue weighted by atomic mass is 9.96. The van der Waals surface area contributed by atoms with Crippen molar-refractivity contribution in [1.29, 1.82) is 5.41 Å². The van der Waals surface area contributed by atoms with E-state index in [1.165, 1.54) is 60.5 Å². The molecule has 1 saturated heterocycles. The van der Waals surface area contributed by atoms with Gasteiger partial charge in [0.15, 0.2) is 5.96 Å². The number of nitrogens with two attached hydrogens (primary N) is 3. The fourth-order valence-corrected chi connectivity index (χ4v) is 15.5. The molecule has 137 heavy (non-hydrogen) atoms. The average molecular weight is 1900 g/mol. The fraction of sp³-hybridized carbons (Fsp3) is 0.500. The van der Waals surface area contributed by atoms with Gasteiger partial charge in [-0.1, -0.05) is 129 Å². The predicted molar refractivity (Wildman–Crippen MR) is 500 cm³/mol. The Bertz CT molecular complexity index is 5210. The number of carboxylic acids is 1. The molecule has 5 heterocycles. The number of nitrogens with one attached hydrogen (secondary N) is 19. The Hall–Kier alpha value is -14.7. The first-order valence-corrected chi connectivity index (χ1v) is 45.8. The number of aromatic amines is 4. The largest absolute Gasteiger partial charge is 0.508 e. The van der Waals surface area contributed by atoms with Crippen LogP contribution in [0.2, 0.25) is 0 Å². The van der Waals surface area contributed by atoms with Crippen molar-refractivity contribution in [3.05, 3.63) is 156 Å². The van der Waals surface area contributed by atoms with Gasteiger partial charge in [-0.3, -0.25) is 77.3 Å². The van der Waals surface area contributed by atoms with E-state index in [9.17, 15) is 72.9 Å². The Morgan fingerprint density at radius 3 is 1.47 bits per heavy atom. The number of fused-ring (bicyclic) bond motifs is 1. The van der Waals surface area contributed by atoms with Crippen molar-refractivity contribution in [2.75, 3.05) is 26.2 Å². The number of aromatic nitrogens is 7. The standard InChI is InChI=1S/C92H130N26O19/c1-9-51(7)76(116-81(126)63(22-16-30-100-92(95)96)107-87(132)73-23-17-31-118(73)90(135)70(34-53-18-12-11-13-19-53)113-78(123)61(93)37-56-41-97-46-103-56)88(133)112-67(36-55-40-101-62-21-15-14-20-60(55)62)83(128)109-66(33-50(5)6)82(127)111-68(38-57-42-98-47-104-57)84(129)115-72(45-119)86(131)108-65(32-49(3)4)79(124)102-44-75(122)106-64(28-29-74(94)121)80(125)110-69(39-58-43-99-48-105-58)85(130)117-77(52(8)10-2)89(134)114-71(91(136)137)35-54-24-26-59(120)27-25-54/h11-15,18-21,24-27,40-43,46-52,61,63-73,76-77,101,119-120H,9-10,16-17,22-23,28-39,44-45,93H2,1-8H3,(H2,94,121)(H,97,103)(H,98,104)(H,99,105)(H,102,124)(H,106,122)(H,107,132)(H,108,131)(H,109,128)(H,110,125)(H,111,127)(H,112,133)(H,113,123)(H,114,134)(H,115,129)(H,116,126)(H,117,130)(H,136,137)(H4,95,96,100)/t51-,52-,61-,63-,64-,65-,66-,67-,68-,69-,70-,71-,72-,73-,76-,77-/m0/s1. The quantitative estimate of drug-likeness (QED) is 0.0110. The second-order valence-corrected chi connectivity index (χ2v) is 35.1. The van der Waals surface area contributed by atoms with Crippen LogP contribution in [0.1, 0.15) is 153 Å². The number of phenols is 1. The number of hydrogen-bond donors (Lipinski definition) is 25. The van der Waals surface area contributed by atoms with Crippen LogP contribution in [-0.4, -0.2) is 266 Å². The number of aliphatic hydroxyl groups is 1. The minimum absolute atomic E-state index is 0.0356. The molecule has 45 nitrogen and oxygen atoms in total. The zero-order valence-electron chi connectivity index (χ0n) is 78.0. The van der Waals surface area contributed by atoms with E-state index in [1.54, 1.807) is 122 Å². The van der Waals surface area contributed by atoms with Gasteiger partial charge in [-0.25, -0.2) is 19.7 Å². The predicted octanol–water partition coefficient (Wildman–Crippen LogP) is -2.16. The van der Waals surface area contributed by atoms with Crippen LogP contribution >= 0.6 is 0 Å². The molecule has 1 fully saturated rings. The SMILES string of the molecule is CC[C@H](C)[C@H](NC(=O)[C@H](Cc1c[nH]cn1)NC(=O)[C@H](CCC(N)=O)NC(=O)CNC(=O)[C@H](CC(C)C)NC(=O)[C@H](CO)NC(=O)[C@H](Cc1c[nH]cn1)NC(=O)[C@H](CC(C)C)NC(=O)[C@H](Cc1c[nH]c2ccccc12)NC(=O)[C@@H](NC(=O)[C@H](CCCNC(=N)N)NC(=O)[C@@H]1CCCN1C(=O)[C@H](Cc1ccccc1)NC(=O)[C@@H](N)Cc1c[nH]cn1)[C@@H](C)CC)C(=O)N[C@@H](Cc1ccc(O)cc1)C(=O)O. The van der Waals surface area contributed by atoms with Crippen LogP contribution in [-0.2, 0) is 115 Å². The van der Waals surface area contributed by atoms with Gasteiger partial charge in [-0.05, 0) is 104 Å². The second-order valence-electron chi connectivity index (χ2n) is 35.1. The van der Waals surface area contributed by atoms with Crippen LogP contribution in [0.25, 0.3) is 10.9 Å². The molecular formula is C92H130N26O19. The van der Waals surface area contributed by atoms with Gasteiger partial charge in [0.1, 0.15) is 84.3 Å². The summed E-state index contributed by atoms with van der Waals surface area (Å²) in [5.41, 5.74) is 20.8. The van der Waals surface area contributed by atoms with Gasteiger partial charge in [0.2, 0.25) is 88.6 Å². The van der Waals surface area contributed by atoms with Crippen LogP contribution in [0.4, 0.5) is 0 Å². The maximum atomic E-state index is 15.3. The van der Waals surface area contributed by atoms with Gasteiger partial charge in [0.25, 0.3) is 0 Å². The van der Waals surface area contributed by atoms with Gasteiger partial charge in [0.05, 0.1) is 55.3 Å². The number of benzene rings is 3. The van der Waals surface area contributed by atoms with E-state index in [1.807, 2.05) is 0 Å². The molecule has 3 aromatic carbocycles. The van der Waals surface area contributed by atoms with Crippen molar-refractivity contribution in [2.24, 2.45) is 40.9 Å². The molecule has 0 aliphatic carbocycles. The maximum Gasteiger partial charge on any atom is 0.326 e. The Balaban J connectivity index is 0.954. The highest BCUT2D eigenvalue weighted by Gasteiger charge is 2.43. The summed E-state index contributed by atoms with van der Waals surface area (Å²) in [5.74, 6) is -17.2. The Morgan fingerprint density at radius 1 is 0.482 bits per heavy atom. The molecule has 7 aromatic rings. The molecule has 742 valence electrons. The van der Waals surface area contributed by atoms with Gasteiger partial charge >= 0.3 is 5.97 Å². The highest BCUT2D eigenvalue weighted by molar-refractivity contribution is 6.01. The van der Waals surface area contributed by atoms with E-state index >= 15 is 19.2 Å². The molecule has 0 saturated carbocycles. The molecule has 0 bridgehead atoms. The Labute approximate surface area is 791 Å². The molecule has 1 aliphatic rings. The van der Waals surface area contributed by atoms with E-state index in [2.05, 4.69) is 109 Å². The monoisotopic (exact) mass is 1900 g/mol. The third-order valence-electron chi connectivity index (χ3n) is 23.4. The highest BCUT2D eigenvalue weighted by atomic mass is 16.4. The normalized spacial score (nSPS) is 15.7. The molecule has 1 aliphatic heterocycles. The molecule has 15 amide bonds. The number of guanidine groups is 1. The number of carboxylic acid groups (broad SMARTS) is 1. The molecule has 8 rings (SSSR count).